The second-order valence-corrected chi connectivity index (χ2v) is 4.94. The number of aryl methyl sites for hydroxylation is 1. The Hall–Kier alpha value is -2.40. The summed E-state index contributed by atoms with van der Waals surface area (Å²) in [4.78, 5) is 22.3. The number of hydrogen-bond donors (Lipinski definition) is 1. The fraction of sp³-hybridized carbons (Fsp3) is 0.133. The third-order valence-corrected chi connectivity index (χ3v) is 3.42. The molecule has 0 saturated carbocycles. The molecule has 0 atom stereocenters. The zero-order chi connectivity index (χ0) is 15.4. The number of nitro groups is 1. The predicted molar refractivity (Wildman–Crippen MR) is 80.5 cm³/mol. The number of nitro benzene ring substituents is 1. The molecular weight excluding hydrogens is 292 g/mol. The van der Waals surface area contributed by atoms with Crippen LogP contribution in [-0.4, -0.2) is 10.8 Å². The molecule has 5 nitrogen and oxygen atoms in total. The lowest BCUT2D eigenvalue weighted by Crippen LogP contribution is -2.23. The Morgan fingerprint density at radius 3 is 2.62 bits per heavy atom. The van der Waals surface area contributed by atoms with E-state index < -0.39 is 4.92 Å². The Labute approximate surface area is 126 Å². The van der Waals surface area contributed by atoms with Crippen molar-refractivity contribution in [2.45, 2.75) is 13.5 Å². The number of benzene rings is 2. The van der Waals surface area contributed by atoms with E-state index in [1.54, 1.807) is 13.0 Å². The van der Waals surface area contributed by atoms with Crippen LogP contribution in [0.1, 0.15) is 21.5 Å². The van der Waals surface area contributed by atoms with Crippen molar-refractivity contribution in [1.29, 1.82) is 0 Å². The summed E-state index contributed by atoms with van der Waals surface area (Å²) in [5.41, 5.74) is 1.64. The number of amides is 1. The van der Waals surface area contributed by atoms with Crippen LogP contribution < -0.4 is 5.32 Å². The molecule has 0 radical (unpaired) electrons. The molecular formula is C15H13ClN2O3. The molecule has 108 valence electrons. The van der Waals surface area contributed by atoms with Crippen LogP contribution in [0, 0.1) is 17.0 Å². The van der Waals surface area contributed by atoms with E-state index in [1.165, 1.54) is 18.2 Å². The van der Waals surface area contributed by atoms with Gasteiger partial charge in [-0.3, -0.25) is 14.9 Å². The first-order valence-electron chi connectivity index (χ1n) is 6.25. The largest absolute Gasteiger partial charge is 0.348 e. The van der Waals surface area contributed by atoms with Crippen molar-refractivity contribution in [3.05, 3.63) is 74.3 Å². The van der Waals surface area contributed by atoms with Crippen LogP contribution in [0.15, 0.2) is 42.5 Å². The standard InChI is InChI=1S/C15H13ClN2O3/c1-10-8-11(6-7-14(10)18(20)21)15(19)17-9-12-4-2-3-5-13(12)16/h2-8H,9H2,1H3,(H,17,19). The van der Waals surface area contributed by atoms with Gasteiger partial charge < -0.3 is 5.32 Å². The minimum Gasteiger partial charge on any atom is -0.348 e. The van der Waals surface area contributed by atoms with Crippen LogP contribution in [0.25, 0.3) is 0 Å². The summed E-state index contributed by atoms with van der Waals surface area (Å²) in [6.45, 7) is 1.90. The average Bonchev–Trinajstić information content (AvgIpc) is 2.45. The monoisotopic (exact) mass is 304 g/mol. The van der Waals surface area contributed by atoms with E-state index in [1.807, 2.05) is 18.2 Å². The zero-order valence-corrected chi connectivity index (χ0v) is 12.1. The smallest absolute Gasteiger partial charge is 0.272 e. The zero-order valence-electron chi connectivity index (χ0n) is 11.3. The van der Waals surface area contributed by atoms with E-state index in [9.17, 15) is 14.9 Å². The highest BCUT2D eigenvalue weighted by atomic mass is 35.5. The molecule has 0 unspecified atom stereocenters. The van der Waals surface area contributed by atoms with Gasteiger partial charge in [0.05, 0.1) is 4.92 Å². The SMILES string of the molecule is Cc1cc(C(=O)NCc2ccccc2Cl)ccc1[N+](=O)[O-]. The number of halogens is 1. The maximum absolute atomic E-state index is 12.0. The minimum absolute atomic E-state index is 0.00217. The topological polar surface area (TPSA) is 72.2 Å². The van der Waals surface area contributed by atoms with Gasteiger partial charge >= 0.3 is 0 Å². The summed E-state index contributed by atoms with van der Waals surface area (Å²) in [7, 11) is 0. The number of carbonyl (C=O) groups is 1. The van der Waals surface area contributed by atoms with Gasteiger partial charge in [-0.15, -0.1) is 0 Å². The maximum Gasteiger partial charge on any atom is 0.272 e. The van der Waals surface area contributed by atoms with E-state index in [0.717, 1.165) is 5.56 Å². The van der Waals surface area contributed by atoms with Crippen LogP contribution >= 0.6 is 11.6 Å². The molecule has 0 aliphatic heterocycles. The van der Waals surface area contributed by atoms with Crippen LogP contribution in [0.2, 0.25) is 5.02 Å². The molecule has 2 aromatic carbocycles. The van der Waals surface area contributed by atoms with Gasteiger partial charge in [0, 0.05) is 28.8 Å². The fourth-order valence-electron chi connectivity index (χ4n) is 1.92. The van der Waals surface area contributed by atoms with Gasteiger partial charge in [-0.2, -0.15) is 0 Å². The number of nitrogens with zero attached hydrogens (tertiary/aromatic N) is 1. The lowest BCUT2D eigenvalue weighted by Gasteiger charge is -2.07. The van der Waals surface area contributed by atoms with Gasteiger partial charge in [0.25, 0.3) is 11.6 Å². The van der Waals surface area contributed by atoms with E-state index in [4.69, 9.17) is 11.6 Å². The highest BCUT2D eigenvalue weighted by molar-refractivity contribution is 6.31. The van der Waals surface area contributed by atoms with Gasteiger partial charge in [0.1, 0.15) is 0 Å². The molecule has 0 spiro atoms. The first-order chi connectivity index (χ1) is 9.99. The van der Waals surface area contributed by atoms with E-state index >= 15 is 0 Å². The molecule has 0 heterocycles. The summed E-state index contributed by atoms with van der Waals surface area (Å²) in [6, 6.07) is 11.5. The molecule has 6 heteroatoms. The molecule has 0 aromatic heterocycles. The van der Waals surface area contributed by atoms with Crippen molar-refractivity contribution < 1.29 is 9.72 Å². The lowest BCUT2D eigenvalue weighted by molar-refractivity contribution is -0.385. The Balaban J connectivity index is 2.09. The molecule has 21 heavy (non-hydrogen) atoms. The molecule has 0 bridgehead atoms. The maximum atomic E-state index is 12.0. The normalized spacial score (nSPS) is 10.2. The van der Waals surface area contributed by atoms with Gasteiger partial charge in [-0.25, -0.2) is 0 Å². The first kappa shape index (κ1) is 15.0. The van der Waals surface area contributed by atoms with Crippen molar-refractivity contribution in [2.75, 3.05) is 0 Å². The Kier molecular flexibility index (Phi) is 4.55. The summed E-state index contributed by atoms with van der Waals surface area (Å²) in [6.07, 6.45) is 0. The second kappa shape index (κ2) is 6.37. The number of nitrogens with one attached hydrogen (secondary N) is 1. The molecule has 1 amide bonds. The van der Waals surface area contributed by atoms with Crippen LogP contribution in [0.3, 0.4) is 0 Å². The van der Waals surface area contributed by atoms with Crippen molar-refractivity contribution in [2.24, 2.45) is 0 Å². The third kappa shape index (κ3) is 3.58. The van der Waals surface area contributed by atoms with Gasteiger partial charge in [-0.1, -0.05) is 29.8 Å². The van der Waals surface area contributed by atoms with Crippen molar-refractivity contribution in [3.8, 4) is 0 Å². The Morgan fingerprint density at radius 1 is 1.29 bits per heavy atom. The predicted octanol–water partition coefficient (Wildman–Crippen LogP) is 3.49. The van der Waals surface area contributed by atoms with Crippen LogP contribution in [0.5, 0.6) is 0 Å². The number of rotatable bonds is 4. The summed E-state index contributed by atoms with van der Waals surface area (Å²) >= 11 is 6.01. The fourth-order valence-corrected chi connectivity index (χ4v) is 2.12. The van der Waals surface area contributed by atoms with Gasteiger partial charge in [-0.05, 0) is 30.7 Å². The highest BCUT2D eigenvalue weighted by Crippen LogP contribution is 2.19. The summed E-state index contributed by atoms with van der Waals surface area (Å²) in [5.74, 6) is -0.298. The first-order valence-corrected chi connectivity index (χ1v) is 6.63. The molecule has 2 rings (SSSR count). The molecule has 0 saturated heterocycles. The van der Waals surface area contributed by atoms with Crippen molar-refractivity contribution in [1.82, 2.24) is 5.32 Å². The molecule has 0 aliphatic carbocycles. The van der Waals surface area contributed by atoms with Crippen LogP contribution in [0.4, 0.5) is 5.69 Å². The van der Waals surface area contributed by atoms with E-state index in [2.05, 4.69) is 5.32 Å². The number of hydrogen-bond acceptors (Lipinski definition) is 3. The van der Waals surface area contributed by atoms with Crippen molar-refractivity contribution >= 4 is 23.2 Å². The van der Waals surface area contributed by atoms with Crippen LogP contribution in [-0.2, 0) is 6.54 Å². The summed E-state index contributed by atoms with van der Waals surface area (Å²) in [5, 5.41) is 14.1. The third-order valence-electron chi connectivity index (χ3n) is 3.05. The highest BCUT2D eigenvalue weighted by Gasteiger charge is 2.13. The van der Waals surface area contributed by atoms with Crippen molar-refractivity contribution in [3.63, 3.8) is 0 Å². The Morgan fingerprint density at radius 2 is 2.00 bits per heavy atom. The molecule has 0 aliphatic rings. The van der Waals surface area contributed by atoms with E-state index in [0.29, 0.717) is 22.7 Å². The number of carbonyl (C=O) groups excluding carboxylic acids is 1. The Bertz CT molecular complexity index is 701. The molecule has 0 fully saturated rings. The van der Waals surface area contributed by atoms with Gasteiger partial charge in [0.2, 0.25) is 0 Å². The second-order valence-electron chi connectivity index (χ2n) is 4.53. The molecule has 1 N–H and O–H groups in total. The lowest BCUT2D eigenvalue weighted by atomic mass is 10.1. The van der Waals surface area contributed by atoms with E-state index in [-0.39, 0.29) is 11.6 Å². The quantitative estimate of drug-likeness (QED) is 0.694. The average molecular weight is 305 g/mol. The summed E-state index contributed by atoms with van der Waals surface area (Å²) < 4.78 is 0. The minimum atomic E-state index is -0.471. The molecule has 2 aromatic rings. The van der Waals surface area contributed by atoms with Gasteiger partial charge in [0.15, 0.2) is 0 Å².